The first-order chi connectivity index (χ1) is 7.09. The number of amides is 1. The van der Waals surface area contributed by atoms with Crippen molar-refractivity contribution in [2.75, 3.05) is 19.6 Å². The van der Waals surface area contributed by atoms with Crippen LogP contribution in [0.15, 0.2) is 0 Å². The van der Waals surface area contributed by atoms with Crippen molar-refractivity contribution in [1.29, 1.82) is 0 Å². The van der Waals surface area contributed by atoms with Gasteiger partial charge >= 0.3 is 5.97 Å². The molecule has 0 aromatic heterocycles. The van der Waals surface area contributed by atoms with Gasteiger partial charge < -0.3 is 21.5 Å². The molecule has 0 saturated carbocycles. The molecule has 6 nitrogen and oxygen atoms in total. The fraction of sp³-hybridized carbons (Fsp3) is 0.778. The largest absolute Gasteiger partial charge is 0.480 e. The summed E-state index contributed by atoms with van der Waals surface area (Å²) in [5.41, 5.74) is 5.25. The number of aliphatic carboxylic acids is 1. The lowest BCUT2D eigenvalue weighted by Gasteiger charge is -2.10. The summed E-state index contributed by atoms with van der Waals surface area (Å²) in [4.78, 5) is 21.7. The molecule has 0 aromatic rings. The fourth-order valence-corrected chi connectivity index (χ4v) is 1.53. The number of rotatable bonds is 5. The van der Waals surface area contributed by atoms with Crippen molar-refractivity contribution in [3.8, 4) is 0 Å². The second-order valence-corrected chi connectivity index (χ2v) is 3.81. The molecule has 1 heterocycles. The van der Waals surface area contributed by atoms with E-state index in [1.807, 2.05) is 0 Å². The van der Waals surface area contributed by atoms with E-state index in [0.717, 1.165) is 19.5 Å². The molecule has 0 aliphatic carbocycles. The Morgan fingerprint density at radius 3 is 2.87 bits per heavy atom. The maximum absolute atomic E-state index is 11.3. The van der Waals surface area contributed by atoms with Crippen LogP contribution in [0, 0.1) is 5.92 Å². The highest BCUT2D eigenvalue weighted by molar-refractivity contribution is 5.78. The molecule has 1 fully saturated rings. The van der Waals surface area contributed by atoms with Crippen LogP contribution in [-0.4, -0.2) is 42.7 Å². The van der Waals surface area contributed by atoms with Crippen molar-refractivity contribution >= 4 is 11.9 Å². The second-order valence-electron chi connectivity index (χ2n) is 3.81. The van der Waals surface area contributed by atoms with Gasteiger partial charge in [-0.3, -0.25) is 9.59 Å². The smallest absolute Gasteiger partial charge is 0.322 e. The zero-order valence-corrected chi connectivity index (χ0v) is 8.53. The molecule has 0 bridgehead atoms. The molecule has 0 aromatic carbocycles. The van der Waals surface area contributed by atoms with E-state index in [1.165, 1.54) is 0 Å². The Morgan fingerprint density at radius 2 is 2.33 bits per heavy atom. The predicted octanol–water partition coefficient (Wildman–Crippen LogP) is -1.49. The number of hydrogen-bond acceptors (Lipinski definition) is 4. The minimum absolute atomic E-state index is 0.00564. The Balaban J connectivity index is 2.15. The van der Waals surface area contributed by atoms with Crippen molar-refractivity contribution in [2.24, 2.45) is 11.7 Å². The SMILES string of the molecule is NC(CNC(=O)CC1CCNC1)C(=O)O. The Labute approximate surface area is 88.2 Å². The minimum Gasteiger partial charge on any atom is -0.480 e. The number of hydrogen-bond donors (Lipinski definition) is 4. The number of carbonyl (C=O) groups excluding carboxylic acids is 1. The molecule has 0 radical (unpaired) electrons. The zero-order valence-electron chi connectivity index (χ0n) is 8.53. The van der Waals surface area contributed by atoms with Crippen molar-refractivity contribution in [3.63, 3.8) is 0 Å². The van der Waals surface area contributed by atoms with E-state index >= 15 is 0 Å². The Morgan fingerprint density at radius 1 is 1.60 bits per heavy atom. The highest BCUT2D eigenvalue weighted by Crippen LogP contribution is 2.11. The highest BCUT2D eigenvalue weighted by Gasteiger charge is 2.19. The molecule has 1 aliphatic heterocycles. The number of nitrogens with one attached hydrogen (secondary N) is 2. The average molecular weight is 215 g/mol. The molecule has 15 heavy (non-hydrogen) atoms. The molecule has 1 amide bonds. The van der Waals surface area contributed by atoms with E-state index in [4.69, 9.17) is 10.8 Å². The summed E-state index contributed by atoms with van der Waals surface area (Å²) >= 11 is 0. The topological polar surface area (TPSA) is 104 Å². The number of carboxylic acid groups (broad SMARTS) is 1. The molecule has 5 N–H and O–H groups in total. The van der Waals surface area contributed by atoms with Gasteiger partial charge in [0.1, 0.15) is 6.04 Å². The van der Waals surface area contributed by atoms with Gasteiger partial charge in [-0.2, -0.15) is 0 Å². The van der Waals surface area contributed by atoms with E-state index in [0.29, 0.717) is 12.3 Å². The summed E-state index contributed by atoms with van der Waals surface area (Å²) < 4.78 is 0. The lowest BCUT2D eigenvalue weighted by atomic mass is 10.0. The normalized spacial score (nSPS) is 22.3. The molecule has 86 valence electrons. The molecule has 1 rings (SSSR count). The molecule has 1 saturated heterocycles. The fourth-order valence-electron chi connectivity index (χ4n) is 1.53. The molecule has 2 unspecified atom stereocenters. The molecule has 1 aliphatic rings. The Hall–Kier alpha value is -1.14. The van der Waals surface area contributed by atoms with Gasteiger partial charge in [-0.05, 0) is 25.4 Å². The number of carbonyl (C=O) groups is 2. The predicted molar refractivity (Wildman–Crippen MR) is 54.2 cm³/mol. The lowest BCUT2D eigenvalue weighted by Crippen LogP contribution is -2.42. The number of nitrogens with two attached hydrogens (primary N) is 1. The summed E-state index contributed by atoms with van der Waals surface area (Å²) in [6, 6.07) is -1.02. The standard InChI is InChI=1S/C9H17N3O3/c10-7(9(14)15)5-12-8(13)3-6-1-2-11-4-6/h6-7,11H,1-5,10H2,(H,12,13)(H,14,15). The third-order valence-corrected chi connectivity index (χ3v) is 2.47. The van der Waals surface area contributed by atoms with Crippen LogP contribution in [0.5, 0.6) is 0 Å². The molecule has 2 atom stereocenters. The minimum atomic E-state index is -1.10. The van der Waals surface area contributed by atoms with E-state index in [9.17, 15) is 9.59 Å². The van der Waals surface area contributed by atoms with Gasteiger partial charge in [0.05, 0.1) is 0 Å². The van der Waals surface area contributed by atoms with E-state index in [2.05, 4.69) is 10.6 Å². The van der Waals surface area contributed by atoms with Crippen LogP contribution in [-0.2, 0) is 9.59 Å². The van der Waals surface area contributed by atoms with E-state index in [1.54, 1.807) is 0 Å². The van der Waals surface area contributed by atoms with Crippen LogP contribution in [0.1, 0.15) is 12.8 Å². The van der Waals surface area contributed by atoms with Crippen molar-refractivity contribution in [2.45, 2.75) is 18.9 Å². The first-order valence-electron chi connectivity index (χ1n) is 5.05. The van der Waals surface area contributed by atoms with Gasteiger partial charge in [-0.25, -0.2) is 0 Å². The summed E-state index contributed by atoms with van der Waals surface area (Å²) in [5.74, 6) is -0.857. The lowest BCUT2D eigenvalue weighted by molar-refractivity contribution is -0.138. The third-order valence-electron chi connectivity index (χ3n) is 2.47. The molecular formula is C9H17N3O3. The average Bonchev–Trinajstić information content (AvgIpc) is 2.66. The van der Waals surface area contributed by atoms with Crippen molar-refractivity contribution < 1.29 is 14.7 Å². The van der Waals surface area contributed by atoms with Gasteiger partial charge in [-0.1, -0.05) is 0 Å². The van der Waals surface area contributed by atoms with Crippen LogP contribution >= 0.6 is 0 Å². The third kappa shape index (κ3) is 4.26. The van der Waals surface area contributed by atoms with Gasteiger partial charge in [-0.15, -0.1) is 0 Å². The van der Waals surface area contributed by atoms with Crippen LogP contribution in [0.2, 0.25) is 0 Å². The van der Waals surface area contributed by atoms with Crippen LogP contribution in [0.3, 0.4) is 0 Å². The maximum Gasteiger partial charge on any atom is 0.322 e. The molecule has 6 heteroatoms. The van der Waals surface area contributed by atoms with Gasteiger partial charge in [0.25, 0.3) is 0 Å². The van der Waals surface area contributed by atoms with Crippen molar-refractivity contribution in [3.05, 3.63) is 0 Å². The summed E-state index contributed by atoms with van der Waals surface area (Å²) in [6.07, 6.45) is 1.44. The highest BCUT2D eigenvalue weighted by atomic mass is 16.4. The van der Waals surface area contributed by atoms with Gasteiger partial charge in [0, 0.05) is 13.0 Å². The quantitative estimate of drug-likeness (QED) is 0.447. The molecule has 0 spiro atoms. The van der Waals surface area contributed by atoms with Gasteiger partial charge in [0.2, 0.25) is 5.91 Å². The number of carboxylic acids is 1. The van der Waals surface area contributed by atoms with Crippen LogP contribution in [0.25, 0.3) is 0 Å². The monoisotopic (exact) mass is 215 g/mol. The molecular weight excluding hydrogens is 198 g/mol. The summed E-state index contributed by atoms with van der Waals surface area (Å²) in [6.45, 7) is 1.80. The van der Waals surface area contributed by atoms with Gasteiger partial charge in [0.15, 0.2) is 0 Å². The second kappa shape index (κ2) is 5.67. The first-order valence-corrected chi connectivity index (χ1v) is 5.05. The Kier molecular flexibility index (Phi) is 4.51. The van der Waals surface area contributed by atoms with E-state index in [-0.39, 0.29) is 12.5 Å². The zero-order chi connectivity index (χ0) is 11.3. The first kappa shape index (κ1) is 11.9. The Bertz CT molecular complexity index is 239. The summed E-state index contributed by atoms with van der Waals surface area (Å²) in [5, 5.41) is 14.2. The van der Waals surface area contributed by atoms with E-state index < -0.39 is 12.0 Å². The summed E-state index contributed by atoms with van der Waals surface area (Å²) in [7, 11) is 0. The maximum atomic E-state index is 11.3. The van der Waals surface area contributed by atoms with Crippen LogP contribution in [0.4, 0.5) is 0 Å². The van der Waals surface area contributed by atoms with Crippen molar-refractivity contribution in [1.82, 2.24) is 10.6 Å². The van der Waals surface area contributed by atoms with Crippen LogP contribution < -0.4 is 16.4 Å².